The monoisotopic (exact) mass is 576 g/mol. The molecule has 0 radical (unpaired) electrons. The van der Waals surface area contributed by atoms with Crippen molar-refractivity contribution in [3.63, 3.8) is 0 Å². The van der Waals surface area contributed by atoms with Gasteiger partial charge in [-0.3, -0.25) is 9.59 Å². The molecular formula is C30H43BCl2N2O4. The molecular weight excluding hydrogens is 534 g/mol. The zero-order chi connectivity index (χ0) is 28.1. The number of halogens is 2. The standard InChI is InChI=1S/C30H43BCl2N2O4/c1-17(2)13-25(31-38-24-15-19-14-23(29(19,3)4)30(24,5)39-31)34-28(37)26(18-9-7-6-8-10-18)35-27(36)21-16-20(32)11-12-22(21)33/h11-12,16-19,23-26H,6-10,13-15H2,1-5H3,(H,34,37)(H,35,36)/t19-,23-,24+,25-,26-,30-/m0/s1. The van der Waals surface area contributed by atoms with Gasteiger partial charge in [0, 0.05) is 5.02 Å². The predicted octanol–water partition coefficient (Wildman–Crippen LogP) is 6.47. The van der Waals surface area contributed by atoms with Gasteiger partial charge in [0.05, 0.1) is 28.2 Å². The number of hydrogen-bond acceptors (Lipinski definition) is 4. The zero-order valence-corrected chi connectivity index (χ0v) is 25.4. The third-order valence-electron chi connectivity index (χ3n) is 10.2. The van der Waals surface area contributed by atoms with Crippen LogP contribution in [0.2, 0.25) is 10.0 Å². The van der Waals surface area contributed by atoms with Crippen molar-refractivity contribution in [3.05, 3.63) is 33.8 Å². The summed E-state index contributed by atoms with van der Waals surface area (Å²) in [5, 5.41) is 7.04. The summed E-state index contributed by atoms with van der Waals surface area (Å²) in [5.74, 6) is 0.613. The maximum atomic E-state index is 14.0. The first-order valence-corrected chi connectivity index (χ1v) is 15.5. The van der Waals surface area contributed by atoms with Gasteiger partial charge < -0.3 is 19.9 Å². The molecule has 6 rings (SSSR count). The van der Waals surface area contributed by atoms with E-state index in [1.165, 1.54) is 6.42 Å². The lowest BCUT2D eigenvalue weighted by Crippen LogP contribution is -2.65. The average Bonchev–Trinajstić information content (AvgIpc) is 3.25. The van der Waals surface area contributed by atoms with E-state index >= 15 is 0 Å². The maximum Gasteiger partial charge on any atom is 0.481 e. The number of carbonyl (C=O) groups excluding carboxylic acids is 2. The van der Waals surface area contributed by atoms with E-state index in [0.29, 0.717) is 27.8 Å². The molecule has 4 saturated carbocycles. The van der Waals surface area contributed by atoms with Gasteiger partial charge in [0.25, 0.3) is 5.91 Å². The van der Waals surface area contributed by atoms with Gasteiger partial charge in [0.2, 0.25) is 5.91 Å². The van der Waals surface area contributed by atoms with Gasteiger partial charge in [0.15, 0.2) is 0 Å². The third kappa shape index (κ3) is 5.63. The summed E-state index contributed by atoms with van der Waals surface area (Å²) in [6.07, 6.45) is 7.98. The molecule has 1 saturated heterocycles. The molecule has 0 spiro atoms. The Morgan fingerprint density at radius 3 is 2.46 bits per heavy atom. The summed E-state index contributed by atoms with van der Waals surface area (Å²) in [5.41, 5.74) is 0.180. The van der Waals surface area contributed by atoms with Crippen LogP contribution >= 0.6 is 23.2 Å². The topological polar surface area (TPSA) is 76.7 Å². The summed E-state index contributed by atoms with van der Waals surface area (Å²) in [6.45, 7) is 11.2. The molecule has 9 heteroatoms. The van der Waals surface area contributed by atoms with Gasteiger partial charge in [-0.15, -0.1) is 0 Å². The number of amides is 2. The van der Waals surface area contributed by atoms with E-state index in [1.54, 1.807) is 18.2 Å². The minimum Gasteiger partial charge on any atom is -0.404 e. The van der Waals surface area contributed by atoms with Crippen molar-refractivity contribution in [2.45, 2.75) is 110 Å². The molecule has 1 aromatic carbocycles. The molecule has 5 aliphatic rings. The summed E-state index contributed by atoms with van der Waals surface area (Å²) in [4.78, 5) is 27.3. The van der Waals surface area contributed by atoms with E-state index in [-0.39, 0.29) is 46.4 Å². The van der Waals surface area contributed by atoms with Gasteiger partial charge in [-0.2, -0.15) is 0 Å². The molecule has 5 fully saturated rings. The Morgan fingerprint density at radius 1 is 1.08 bits per heavy atom. The van der Waals surface area contributed by atoms with E-state index in [2.05, 4.69) is 45.3 Å². The van der Waals surface area contributed by atoms with E-state index in [0.717, 1.165) is 44.9 Å². The van der Waals surface area contributed by atoms with Gasteiger partial charge >= 0.3 is 7.12 Å². The second-order valence-electron chi connectivity index (χ2n) is 13.6. The van der Waals surface area contributed by atoms with Gasteiger partial charge in [-0.25, -0.2) is 0 Å². The van der Waals surface area contributed by atoms with Crippen LogP contribution in [-0.2, 0) is 14.1 Å². The second kappa shape index (κ2) is 11.2. The number of carbonyl (C=O) groups is 2. The molecule has 6 nitrogen and oxygen atoms in total. The molecule has 4 aliphatic carbocycles. The molecule has 0 unspecified atom stereocenters. The highest BCUT2D eigenvalue weighted by Crippen LogP contribution is 2.65. The Morgan fingerprint density at radius 2 is 1.79 bits per heavy atom. The summed E-state index contributed by atoms with van der Waals surface area (Å²) in [6, 6.07) is 4.13. The summed E-state index contributed by atoms with van der Waals surface area (Å²) in [7, 11) is -0.508. The molecule has 214 valence electrons. The Hall–Kier alpha value is -1.28. The smallest absolute Gasteiger partial charge is 0.404 e. The van der Waals surface area contributed by atoms with Crippen LogP contribution in [-0.4, -0.2) is 42.6 Å². The molecule has 2 bridgehead atoms. The highest BCUT2D eigenvalue weighted by molar-refractivity contribution is 6.48. The van der Waals surface area contributed by atoms with Crippen LogP contribution in [0.1, 0.15) is 96.3 Å². The highest BCUT2D eigenvalue weighted by atomic mass is 35.5. The van der Waals surface area contributed by atoms with Crippen molar-refractivity contribution >= 4 is 42.1 Å². The summed E-state index contributed by atoms with van der Waals surface area (Å²) < 4.78 is 13.3. The minimum atomic E-state index is -0.673. The molecule has 1 heterocycles. The van der Waals surface area contributed by atoms with Crippen molar-refractivity contribution in [2.24, 2.45) is 29.1 Å². The molecule has 1 aliphatic heterocycles. The second-order valence-corrected chi connectivity index (χ2v) is 14.4. The number of nitrogens with one attached hydrogen (secondary N) is 2. The molecule has 39 heavy (non-hydrogen) atoms. The minimum absolute atomic E-state index is 0.0460. The molecule has 1 aromatic rings. The zero-order valence-electron chi connectivity index (χ0n) is 23.9. The van der Waals surface area contributed by atoms with E-state index < -0.39 is 13.2 Å². The Kier molecular flexibility index (Phi) is 8.38. The molecule has 2 amide bonds. The lowest BCUT2D eigenvalue weighted by molar-refractivity contribution is -0.199. The fraction of sp³-hybridized carbons (Fsp3) is 0.733. The van der Waals surface area contributed by atoms with Gasteiger partial charge in [-0.05, 0) is 86.3 Å². The van der Waals surface area contributed by atoms with Crippen LogP contribution in [0, 0.1) is 29.1 Å². The van der Waals surface area contributed by atoms with E-state index in [1.807, 2.05) is 0 Å². The van der Waals surface area contributed by atoms with Crippen LogP contribution in [0.3, 0.4) is 0 Å². The number of hydrogen-bond donors (Lipinski definition) is 2. The predicted molar refractivity (Wildman–Crippen MR) is 156 cm³/mol. The first-order valence-electron chi connectivity index (χ1n) is 14.8. The van der Waals surface area contributed by atoms with Gasteiger partial charge in [-0.1, -0.05) is 70.2 Å². The SMILES string of the molecule is CC(C)C[C@H](NC(=O)[C@@H](NC(=O)c1cc(Cl)ccc1Cl)C1CCCCC1)B1O[C@@H]2C[C@@H]3C[C@@H](C3(C)C)[C@]2(C)O1. The van der Waals surface area contributed by atoms with Crippen molar-refractivity contribution in [3.8, 4) is 0 Å². The van der Waals surface area contributed by atoms with Crippen LogP contribution < -0.4 is 10.6 Å². The quantitative estimate of drug-likeness (QED) is 0.348. The summed E-state index contributed by atoms with van der Waals surface area (Å²) >= 11 is 12.5. The molecule has 2 N–H and O–H groups in total. The Labute approximate surface area is 243 Å². The average molecular weight is 577 g/mol. The van der Waals surface area contributed by atoms with Crippen molar-refractivity contribution < 1.29 is 18.9 Å². The number of rotatable bonds is 8. The lowest BCUT2D eigenvalue weighted by Gasteiger charge is -2.64. The van der Waals surface area contributed by atoms with Crippen LogP contribution in [0.25, 0.3) is 0 Å². The lowest BCUT2D eigenvalue weighted by atomic mass is 9.43. The van der Waals surface area contributed by atoms with Crippen LogP contribution in [0.5, 0.6) is 0 Å². The fourth-order valence-electron chi connectivity index (χ4n) is 7.84. The fourth-order valence-corrected chi connectivity index (χ4v) is 8.22. The third-order valence-corrected chi connectivity index (χ3v) is 10.8. The van der Waals surface area contributed by atoms with E-state index in [9.17, 15) is 9.59 Å². The molecule has 0 aromatic heterocycles. The molecule has 6 atom stereocenters. The Bertz CT molecular complexity index is 1090. The first kappa shape index (κ1) is 29.2. The van der Waals surface area contributed by atoms with Crippen LogP contribution in [0.15, 0.2) is 18.2 Å². The Balaban J connectivity index is 1.35. The van der Waals surface area contributed by atoms with Crippen molar-refractivity contribution in [1.29, 1.82) is 0 Å². The highest BCUT2D eigenvalue weighted by Gasteiger charge is 2.68. The van der Waals surface area contributed by atoms with Crippen LogP contribution in [0.4, 0.5) is 0 Å². The number of benzene rings is 1. The van der Waals surface area contributed by atoms with Gasteiger partial charge in [0.1, 0.15) is 6.04 Å². The van der Waals surface area contributed by atoms with Crippen molar-refractivity contribution in [1.82, 2.24) is 10.6 Å². The maximum absolute atomic E-state index is 14.0. The largest absolute Gasteiger partial charge is 0.481 e. The normalized spacial score (nSPS) is 31.3. The first-order chi connectivity index (χ1) is 18.4. The van der Waals surface area contributed by atoms with Crippen molar-refractivity contribution in [2.75, 3.05) is 0 Å². The van der Waals surface area contributed by atoms with E-state index in [4.69, 9.17) is 32.5 Å².